The standard InChI is InChI=1S/C16H31N3O.HI/c1-3-17-16(19-12-15-9-6-10-20-15)18-11-14-8-5-4-7-13(14)2;/h13-15H,3-12H2,1-2H3,(H2,17,18,19);1H. The summed E-state index contributed by atoms with van der Waals surface area (Å²) < 4.78 is 5.65. The normalized spacial score (nSPS) is 29.8. The summed E-state index contributed by atoms with van der Waals surface area (Å²) in [4.78, 5) is 4.79. The van der Waals surface area contributed by atoms with Crippen molar-refractivity contribution in [3.8, 4) is 0 Å². The third-order valence-electron chi connectivity index (χ3n) is 4.64. The molecule has 124 valence electrons. The van der Waals surface area contributed by atoms with Gasteiger partial charge in [-0.2, -0.15) is 0 Å². The summed E-state index contributed by atoms with van der Waals surface area (Å²) in [6.07, 6.45) is 8.23. The molecule has 1 aliphatic heterocycles. The largest absolute Gasteiger partial charge is 0.376 e. The smallest absolute Gasteiger partial charge is 0.191 e. The minimum Gasteiger partial charge on any atom is -0.376 e. The van der Waals surface area contributed by atoms with Gasteiger partial charge in [-0.25, -0.2) is 0 Å². The van der Waals surface area contributed by atoms with E-state index in [0.717, 1.165) is 44.0 Å². The molecule has 21 heavy (non-hydrogen) atoms. The molecule has 0 bridgehead atoms. The Balaban J connectivity index is 0.00000220. The Morgan fingerprint density at radius 3 is 2.62 bits per heavy atom. The van der Waals surface area contributed by atoms with Crippen LogP contribution in [0.5, 0.6) is 0 Å². The van der Waals surface area contributed by atoms with Gasteiger partial charge in [-0.1, -0.05) is 26.2 Å². The predicted octanol–water partition coefficient (Wildman–Crippen LogP) is 3.16. The first-order valence-corrected chi connectivity index (χ1v) is 8.43. The van der Waals surface area contributed by atoms with Crippen LogP contribution < -0.4 is 10.6 Å². The fraction of sp³-hybridized carbons (Fsp3) is 0.938. The van der Waals surface area contributed by atoms with E-state index in [9.17, 15) is 0 Å². The van der Waals surface area contributed by atoms with E-state index in [0.29, 0.717) is 6.10 Å². The van der Waals surface area contributed by atoms with Crippen LogP contribution in [-0.4, -0.2) is 38.3 Å². The lowest BCUT2D eigenvalue weighted by atomic mass is 9.80. The second-order valence-corrected chi connectivity index (χ2v) is 6.26. The van der Waals surface area contributed by atoms with Crippen molar-refractivity contribution >= 4 is 29.9 Å². The highest BCUT2D eigenvalue weighted by Crippen LogP contribution is 2.29. The highest BCUT2D eigenvalue weighted by molar-refractivity contribution is 14.0. The molecule has 2 fully saturated rings. The monoisotopic (exact) mass is 409 g/mol. The Morgan fingerprint density at radius 2 is 1.95 bits per heavy atom. The second kappa shape index (κ2) is 10.6. The highest BCUT2D eigenvalue weighted by Gasteiger charge is 2.21. The molecule has 2 aliphatic rings. The van der Waals surface area contributed by atoms with Gasteiger partial charge in [-0.05, 0) is 38.0 Å². The minimum atomic E-state index is 0. The van der Waals surface area contributed by atoms with Crippen molar-refractivity contribution in [2.24, 2.45) is 16.8 Å². The number of hydrogen-bond donors (Lipinski definition) is 2. The first kappa shape index (κ1) is 19.0. The lowest BCUT2D eigenvalue weighted by Crippen LogP contribution is -2.41. The van der Waals surface area contributed by atoms with Gasteiger partial charge >= 0.3 is 0 Å². The summed E-state index contributed by atoms with van der Waals surface area (Å²) in [5.74, 6) is 2.55. The molecule has 0 aromatic rings. The molecule has 4 nitrogen and oxygen atoms in total. The molecule has 0 spiro atoms. The number of aliphatic imine (C=N–C) groups is 1. The average Bonchev–Trinajstić information content (AvgIpc) is 2.97. The van der Waals surface area contributed by atoms with E-state index in [-0.39, 0.29) is 24.0 Å². The lowest BCUT2D eigenvalue weighted by Gasteiger charge is -2.27. The summed E-state index contributed by atoms with van der Waals surface area (Å²) in [6, 6.07) is 0. The van der Waals surface area contributed by atoms with Crippen molar-refractivity contribution in [3.05, 3.63) is 0 Å². The van der Waals surface area contributed by atoms with Crippen molar-refractivity contribution in [1.29, 1.82) is 0 Å². The van der Waals surface area contributed by atoms with Crippen LogP contribution in [0.25, 0.3) is 0 Å². The molecule has 0 radical (unpaired) electrons. The van der Waals surface area contributed by atoms with Crippen molar-refractivity contribution in [1.82, 2.24) is 10.6 Å². The Morgan fingerprint density at radius 1 is 1.14 bits per heavy atom. The lowest BCUT2D eigenvalue weighted by molar-refractivity contribution is 0.113. The third kappa shape index (κ3) is 6.72. The predicted molar refractivity (Wildman–Crippen MR) is 99.5 cm³/mol. The maximum Gasteiger partial charge on any atom is 0.191 e. The number of halogens is 1. The summed E-state index contributed by atoms with van der Waals surface area (Å²) in [5, 5.41) is 6.78. The zero-order valence-electron chi connectivity index (χ0n) is 13.6. The fourth-order valence-electron chi connectivity index (χ4n) is 3.23. The van der Waals surface area contributed by atoms with Crippen LogP contribution in [-0.2, 0) is 4.74 Å². The molecule has 3 unspecified atom stereocenters. The Bertz CT molecular complexity index is 306. The third-order valence-corrected chi connectivity index (χ3v) is 4.64. The van der Waals surface area contributed by atoms with Crippen LogP contribution >= 0.6 is 24.0 Å². The van der Waals surface area contributed by atoms with Gasteiger partial charge in [0.25, 0.3) is 0 Å². The van der Waals surface area contributed by atoms with Gasteiger partial charge in [0.1, 0.15) is 0 Å². The fourth-order valence-corrected chi connectivity index (χ4v) is 3.23. The summed E-state index contributed by atoms with van der Waals surface area (Å²) >= 11 is 0. The molecule has 2 rings (SSSR count). The van der Waals surface area contributed by atoms with Crippen molar-refractivity contribution in [3.63, 3.8) is 0 Å². The molecule has 0 aromatic carbocycles. The molecule has 1 saturated carbocycles. The van der Waals surface area contributed by atoms with E-state index in [2.05, 4.69) is 24.5 Å². The Labute approximate surface area is 146 Å². The molecule has 0 aromatic heterocycles. The molecule has 1 heterocycles. The molecule has 5 heteroatoms. The SMILES string of the molecule is CCNC(=NCC1CCCCC1C)NCC1CCCO1.I. The quantitative estimate of drug-likeness (QED) is 0.417. The molecule has 2 N–H and O–H groups in total. The highest BCUT2D eigenvalue weighted by atomic mass is 127. The van der Waals surface area contributed by atoms with Crippen LogP contribution in [0.1, 0.15) is 52.4 Å². The Kier molecular flexibility index (Phi) is 9.64. The zero-order valence-corrected chi connectivity index (χ0v) is 15.9. The molecule has 3 atom stereocenters. The van der Waals surface area contributed by atoms with Crippen LogP contribution in [0.4, 0.5) is 0 Å². The number of nitrogens with zero attached hydrogens (tertiary/aromatic N) is 1. The summed E-state index contributed by atoms with van der Waals surface area (Å²) in [6.45, 7) is 8.17. The van der Waals surface area contributed by atoms with Crippen LogP contribution in [0.2, 0.25) is 0 Å². The van der Waals surface area contributed by atoms with Gasteiger partial charge in [0.05, 0.1) is 6.10 Å². The van der Waals surface area contributed by atoms with E-state index in [1.807, 2.05) is 0 Å². The number of ether oxygens (including phenoxy) is 1. The summed E-state index contributed by atoms with van der Waals surface area (Å²) in [7, 11) is 0. The maximum atomic E-state index is 5.65. The number of hydrogen-bond acceptors (Lipinski definition) is 2. The molecule has 1 aliphatic carbocycles. The van der Waals surface area contributed by atoms with Gasteiger partial charge in [0.15, 0.2) is 5.96 Å². The second-order valence-electron chi connectivity index (χ2n) is 6.26. The van der Waals surface area contributed by atoms with E-state index in [1.165, 1.54) is 38.5 Å². The van der Waals surface area contributed by atoms with Crippen molar-refractivity contribution < 1.29 is 4.74 Å². The van der Waals surface area contributed by atoms with E-state index in [1.54, 1.807) is 0 Å². The molecule has 0 amide bonds. The Hall–Kier alpha value is -0.0400. The molecular formula is C16H32IN3O. The van der Waals surface area contributed by atoms with E-state index in [4.69, 9.17) is 9.73 Å². The van der Waals surface area contributed by atoms with Gasteiger partial charge in [-0.15, -0.1) is 24.0 Å². The maximum absolute atomic E-state index is 5.65. The number of nitrogens with one attached hydrogen (secondary N) is 2. The number of rotatable bonds is 5. The van der Waals surface area contributed by atoms with Gasteiger partial charge < -0.3 is 15.4 Å². The van der Waals surface area contributed by atoms with Crippen molar-refractivity contribution in [2.45, 2.75) is 58.5 Å². The average molecular weight is 409 g/mol. The first-order valence-electron chi connectivity index (χ1n) is 8.43. The number of guanidine groups is 1. The van der Waals surface area contributed by atoms with E-state index >= 15 is 0 Å². The van der Waals surface area contributed by atoms with Crippen LogP contribution in [0.15, 0.2) is 4.99 Å². The van der Waals surface area contributed by atoms with Crippen LogP contribution in [0.3, 0.4) is 0 Å². The van der Waals surface area contributed by atoms with Gasteiger partial charge in [0, 0.05) is 26.2 Å². The van der Waals surface area contributed by atoms with Crippen LogP contribution in [0, 0.1) is 11.8 Å². The molecular weight excluding hydrogens is 377 g/mol. The zero-order chi connectivity index (χ0) is 14.2. The van der Waals surface area contributed by atoms with Crippen molar-refractivity contribution in [2.75, 3.05) is 26.2 Å². The topological polar surface area (TPSA) is 45.7 Å². The van der Waals surface area contributed by atoms with Gasteiger partial charge in [0.2, 0.25) is 0 Å². The minimum absolute atomic E-state index is 0. The van der Waals surface area contributed by atoms with Gasteiger partial charge in [-0.3, -0.25) is 4.99 Å². The summed E-state index contributed by atoms with van der Waals surface area (Å²) in [5.41, 5.74) is 0. The van der Waals surface area contributed by atoms with E-state index < -0.39 is 0 Å². The molecule has 1 saturated heterocycles. The first-order chi connectivity index (χ1) is 9.79.